The third-order valence-electron chi connectivity index (χ3n) is 4.77. The van der Waals surface area contributed by atoms with Crippen molar-refractivity contribution in [2.45, 2.75) is 32.2 Å². The summed E-state index contributed by atoms with van der Waals surface area (Å²) in [6, 6.07) is 21.1. The van der Waals surface area contributed by atoms with Crippen LogP contribution in [-0.2, 0) is 11.3 Å². The van der Waals surface area contributed by atoms with Crippen LogP contribution in [0.2, 0.25) is 0 Å². The van der Waals surface area contributed by atoms with Gasteiger partial charge in [0.15, 0.2) is 0 Å². The first kappa shape index (κ1) is 19.9. The highest BCUT2D eigenvalue weighted by molar-refractivity contribution is 5.87. The zero-order chi connectivity index (χ0) is 19.9. The molecule has 0 aliphatic heterocycles. The average molecular weight is 379 g/mol. The van der Waals surface area contributed by atoms with Crippen LogP contribution in [0.3, 0.4) is 0 Å². The van der Waals surface area contributed by atoms with Gasteiger partial charge in [-0.15, -0.1) is 0 Å². The lowest BCUT2D eigenvalue weighted by Crippen LogP contribution is -2.30. The van der Waals surface area contributed by atoms with Crippen molar-refractivity contribution in [3.05, 3.63) is 83.4 Å². The zero-order valence-electron chi connectivity index (χ0n) is 15.8. The third-order valence-corrected chi connectivity index (χ3v) is 4.77. The fourth-order valence-corrected chi connectivity index (χ4v) is 3.24. The average Bonchev–Trinajstić information content (AvgIpc) is 2.72. The Labute approximate surface area is 164 Å². The van der Waals surface area contributed by atoms with Gasteiger partial charge in [-0.1, -0.05) is 66.7 Å². The van der Waals surface area contributed by atoms with E-state index < -0.39 is 18.3 Å². The second-order valence-corrected chi connectivity index (χ2v) is 6.81. The Bertz CT molecular complexity index is 926. The van der Waals surface area contributed by atoms with Gasteiger partial charge in [0.2, 0.25) is 0 Å². The van der Waals surface area contributed by atoms with E-state index in [4.69, 9.17) is 4.74 Å². The van der Waals surface area contributed by atoms with Gasteiger partial charge in [-0.25, -0.2) is 4.79 Å². The molecule has 3 rings (SSSR count). The number of nitrogens with one attached hydrogen (secondary N) is 1. The molecule has 5 nitrogen and oxygen atoms in total. The van der Waals surface area contributed by atoms with Gasteiger partial charge < -0.3 is 20.3 Å². The third kappa shape index (κ3) is 4.88. The van der Waals surface area contributed by atoms with Crippen LogP contribution in [0.25, 0.3) is 10.8 Å². The highest BCUT2D eigenvalue weighted by Crippen LogP contribution is 2.30. The van der Waals surface area contributed by atoms with Gasteiger partial charge in [0.05, 0.1) is 6.10 Å². The Kier molecular flexibility index (Phi) is 6.63. The predicted molar refractivity (Wildman–Crippen MR) is 109 cm³/mol. The van der Waals surface area contributed by atoms with E-state index in [0.717, 1.165) is 27.5 Å². The Morgan fingerprint density at radius 3 is 2.50 bits per heavy atom. The topological polar surface area (TPSA) is 78.8 Å². The molecule has 0 bridgehead atoms. The summed E-state index contributed by atoms with van der Waals surface area (Å²) in [6.45, 7) is 2.31. The van der Waals surface area contributed by atoms with Crippen LogP contribution in [0, 0.1) is 6.92 Å². The lowest BCUT2D eigenvalue weighted by molar-refractivity contribution is 0.0141. The Hall–Kier alpha value is -2.89. The lowest BCUT2D eigenvalue weighted by Gasteiger charge is -2.22. The molecule has 3 N–H and O–H groups in total. The number of alkyl carbamates (subject to hydrolysis) is 1. The summed E-state index contributed by atoms with van der Waals surface area (Å²) in [4.78, 5) is 11.8. The normalized spacial score (nSPS) is 13.1. The molecule has 0 fully saturated rings. The largest absolute Gasteiger partial charge is 0.445 e. The summed E-state index contributed by atoms with van der Waals surface area (Å²) >= 11 is 0. The van der Waals surface area contributed by atoms with Gasteiger partial charge in [-0.05, 0) is 40.8 Å². The predicted octanol–water partition coefficient (Wildman–Crippen LogP) is 3.86. The molecule has 2 unspecified atom stereocenters. The molecule has 0 radical (unpaired) electrons. The number of benzene rings is 3. The molecule has 1 amide bonds. The molecule has 28 heavy (non-hydrogen) atoms. The van der Waals surface area contributed by atoms with Crippen LogP contribution in [0.5, 0.6) is 0 Å². The maximum atomic E-state index is 11.8. The Balaban J connectivity index is 1.53. The Morgan fingerprint density at radius 1 is 1.00 bits per heavy atom. The van der Waals surface area contributed by atoms with E-state index in [1.165, 1.54) is 0 Å². The van der Waals surface area contributed by atoms with Gasteiger partial charge in [0, 0.05) is 6.54 Å². The van der Waals surface area contributed by atoms with Crippen molar-refractivity contribution in [1.29, 1.82) is 0 Å². The monoisotopic (exact) mass is 379 g/mol. The SMILES string of the molecule is Cc1ccc2ccccc2c1C(O)C(O)CCNC(=O)OCc1ccccc1. The summed E-state index contributed by atoms with van der Waals surface area (Å²) in [5.41, 5.74) is 2.54. The maximum absolute atomic E-state index is 11.8. The number of ether oxygens (including phenoxy) is 1. The summed E-state index contributed by atoms with van der Waals surface area (Å²) in [7, 11) is 0. The van der Waals surface area contributed by atoms with Gasteiger partial charge in [0.25, 0.3) is 0 Å². The number of aliphatic hydroxyl groups excluding tert-OH is 2. The van der Waals surface area contributed by atoms with Gasteiger partial charge in [-0.3, -0.25) is 0 Å². The number of aliphatic hydroxyl groups is 2. The molecule has 0 spiro atoms. The fraction of sp³-hybridized carbons (Fsp3) is 0.261. The van der Waals surface area contributed by atoms with Crippen LogP contribution in [0.1, 0.15) is 29.2 Å². The van der Waals surface area contributed by atoms with Crippen LogP contribution in [0.4, 0.5) is 4.79 Å². The smallest absolute Gasteiger partial charge is 0.407 e. The van der Waals surface area contributed by atoms with Gasteiger partial charge in [0.1, 0.15) is 12.7 Å². The van der Waals surface area contributed by atoms with Crippen molar-refractivity contribution in [3.63, 3.8) is 0 Å². The summed E-state index contributed by atoms with van der Waals surface area (Å²) in [6.07, 6.45) is -2.37. The lowest BCUT2D eigenvalue weighted by atomic mass is 9.92. The number of carbonyl (C=O) groups excluding carboxylic acids is 1. The van der Waals surface area contributed by atoms with Gasteiger partial charge in [-0.2, -0.15) is 0 Å². The summed E-state index contributed by atoms with van der Waals surface area (Å²) in [5, 5.41) is 25.7. The molecule has 5 heteroatoms. The van der Waals surface area contributed by atoms with Gasteiger partial charge >= 0.3 is 6.09 Å². The first-order chi connectivity index (χ1) is 13.6. The van der Waals surface area contributed by atoms with E-state index in [1.54, 1.807) is 0 Å². The van der Waals surface area contributed by atoms with Crippen molar-refractivity contribution in [1.82, 2.24) is 5.32 Å². The van der Waals surface area contributed by atoms with Crippen LogP contribution in [-0.4, -0.2) is 29.0 Å². The molecule has 2 atom stereocenters. The van der Waals surface area contributed by atoms with E-state index in [9.17, 15) is 15.0 Å². The number of carbonyl (C=O) groups is 1. The molecular formula is C23H25NO4. The Morgan fingerprint density at radius 2 is 1.71 bits per heavy atom. The van der Waals surface area contributed by atoms with Crippen molar-refractivity contribution in [3.8, 4) is 0 Å². The number of hydrogen-bond acceptors (Lipinski definition) is 4. The van der Waals surface area contributed by atoms with Crippen molar-refractivity contribution in [2.24, 2.45) is 0 Å². The summed E-state index contributed by atoms with van der Waals surface area (Å²) in [5.74, 6) is 0. The van der Waals surface area contributed by atoms with Crippen molar-refractivity contribution >= 4 is 16.9 Å². The second kappa shape index (κ2) is 9.35. The van der Waals surface area contributed by atoms with Crippen molar-refractivity contribution < 1.29 is 19.7 Å². The quantitative estimate of drug-likeness (QED) is 0.582. The minimum absolute atomic E-state index is 0.188. The molecule has 0 aliphatic carbocycles. The molecule has 0 heterocycles. The molecule has 3 aromatic rings. The first-order valence-electron chi connectivity index (χ1n) is 9.35. The van der Waals surface area contributed by atoms with Crippen LogP contribution in [0.15, 0.2) is 66.7 Å². The number of hydrogen-bond donors (Lipinski definition) is 3. The highest BCUT2D eigenvalue weighted by atomic mass is 16.5. The molecule has 0 saturated carbocycles. The van der Waals surface area contributed by atoms with E-state index in [2.05, 4.69) is 5.32 Å². The number of aryl methyl sites for hydroxylation is 1. The molecule has 0 aromatic heterocycles. The molecule has 0 saturated heterocycles. The number of amides is 1. The molecule has 0 aliphatic rings. The minimum atomic E-state index is -1.03. The van der Waals surface area contributed by atoms with E-state index in [0.29, 0.717) is 0 Å². The first-order valence-corrected chi connectivity index (χ1v) is 9.35. The van der Waals surface area contributed by atoms with E-state index >= 15 is 0 Å². The summed E-state index contributed by atoms with van der Waals surface area (Å²) < 4.78 is 5.14. The maximum Gasteiger partial charge on any atom is 0.407 e. The number of fused-ring (bicyclic) bond motifs is 1. The van der Waals surface area contributed by atoms with Crippen LogP contribution < -0.4 is 5.32 Å². The molecular weight excluding hydrogens is 354 g/mol. The van der Waals surface area contributed by atoms with Crippen molar-refractivity contribution in [2.75, 3.05) is 6.54 Å². The zero-order valence-corrected chi connectivity index (χ0v) is 15.8. The second-order valence-electron chi connectivity index (χ2n) is 6.81. The standard InChI is InChI=1S/C23H25NO4/c1-16-11-12-18-9-5-6-10-19(18)21(16)22(26)20(25)13-14-24-23(27)28-15-17-7-3-2-4-8-17/h2-12,20,22,25-26H,13-15H2,1H3,(H,24,27). The highest BCUT2D eigenvalue weighted by Gasteiger charge is 2.22. The minimum Gasteiger partial charge on any atom is -0.445 e. The molecule has 3 aromatic carbocycles. The van der Waals surface area contributed by atoms with E-state index in [-0.39, 0.29) is 19.6 Å². The molecule has 146 valence electrons. The fourth-order valence-electron chi connectivity index (χ4n) is 3.24. The van der Waals surface area contributed by atoms with E-state index in [1.807, 2.05) is 73.7 Å². The number of rotatable bonds is 7. The van der Waals surface area contributed by atoms with Crippen LogP contribution >= 0.6 is 0 Å².